The first kappa shape index (κ1) is 13.0. The summed E-state index contributed by atoms with van der Waals surface area (Å²) in [6.45, 7) is 0.799. The zero-order chi connectivity index (χ0) is 12.8. The van der Waals surface area contributed by atoms with Gasteiger partial charge < -0.3 is 10.1 Å². The van der Waals surface area contributed by atoms with Gasteiger partial charge in [-0.3, -0.25) is 4.98 Å². The minimum absolute atomic E-state index is 0.221. The van der Waals surface area contributed by atoms with E-state index < -0.39 is 0 Å². The number of benzene rings is 1. The normalized spacial score (nSPS) is 12.1. The van der Waals surface area contributed by atoms with E-state index in [0.717, 1.165) is 12.3 Å². The van der Waals surface area contributed by atoms with E-state index in [1.165, 1.54) is 11.1 Å². The molecule has 1 N–H and O–H groups in total. The van der Waals surface area contributed by atoms with Crippen molar-refractivity contribution in [1.82, 2.24) is 10.3 Å². The molecule has 0 saturated heterocycles. The van der Waals surface area contributed by atoms with Crippen LogP contribution in [0.2, 0.25) is 0 Å². The van der Waals surface area contributed by atoms with Gasteiger partial charge in [0, 0.05) is 24.7 Å². The number of pyridine rings is 1. The number of ether oxygens (including phenoxy) is 1. The largest absolute Gasteiger partial charge is 0.497 e. The Kier molecular flexibility index (Phi) is 4.68. The molecule has 0 saturated carbocycles. The second-order valence-electron chi connectivity index (χ2n) is 3.99. The zero-order valence-electron chi connectivity index (χ0n) is 10.3. The van der Waals surface area contributed by atoms with Crippen molar-refractivity contribution in [2.75, 3.05) is 7.11 Å². The van der Waals surface area contributed by atoms with Gasteiger partial charge in [-0.1, -0.05) is 12.1 Å². The lowest BCUT2D eigenvalue weighted by Crippen LogP contribution is -2.15. The van der Waals surface area contributed by atoms with Crippen LogP contribution in [0.25, 0.3) is 0 Å². The van der Waals surface area contributed by atoms with Gasteiger partial charge in [0.25, 0.3) is 0 Å². The van der Waals surface area contributed by atoms with Gasteiger partial charge in [0.15, 0.2) is 0 Å². The highest BCUT2D eigenvalue weighted by molar-refractivity contribution is 7.17. The molecule has 0 bridgehead atoms. The van der Waals surface area contributed by atoms with E-state index in [-0.39, 0.29) is 5.78 Å². The van der Waals surface area contributed by atoms with Crippen LogP contribution in [0.4, 0.5) is 0 Å². The smallest absolute Gasteiger partial charge is 0.119 e. The summed E-state index contributed by atoms with van der Waals surface area (Å²) in [6.07, 6.45) is 3.61. The molecule has 0 fully saturated rings. The standard InChI is InChI=1S/C14H17N2OP/c1-17-13-4-2-3-11(9-13)10-16-14(18)12-5-7-15-8-6-12/h2-9,14,16H,10,18H2,1H3. The van der Waals surface area contributed by atoms with E-state index in [0.29, 0.717) is 0 Å². The van der Waals surface area contributed by atoms with Crippen molar-refractivity contribution in [1.29, 1.82) is 0 Å². The Balaban J connectivity index is 1.95. The van der Waals surface area contributed by atoms with Crippen molar-refractivity contribution in [2.45, 2.75) is 12.3 Å². The number of aromatic nitrogens is 1. The predicted molar refractivity (Wildman–Crippen MR) is 76.5 cm³/mol. The van der Waals surface area contributed by atoms with Gasteiger partial charge in [-0.05, 0) is 35.4 Å². The molecule has 1 aromatic carbocycles. The lowest BCUT2D eigenvalue weighted by atomic mass is 10.2. The summed E-state index contributed by atoms with van der Waals surface area (Å²) in [5.74, 6) is 1.11. The van der Waals surface area contributed by atoms with Gasteiger partial charge in [-0.25, -0.2) is 0 Å². The van der Waals surface area contributed by atoms with Gasteiger partial charge in [0.2, 0.25) is 0 Å². The number of hydrogen-bond acceptors (Lipinski definition) is 3. The lowest BCUT2D eigenvalue weighted by molar-refractivity contribution is 0.414. The maximum atomic E-state index is 5.21. The third-order valence-electron chi connectivity index (χ3n) is 2.73. The highest BCUT2D eigenvalue weighted by atomic mass is 31.0. The highest BCUT2D eigenvalue weighted by Crippen LogP contribution is 2.20. The van der Waals surface area contributed by atoms with E-state index in [1.54, 1.807) is 19.5 Å². The van der Waals surface area contributed by atoms with Crippen LogP contribution < -0.4 is 10.1 Å². The fourth-order valence-electron chi connectivity index (χ4n) is 1.70. The highest BCUT2D eigenvalue weighted by Gasteiger charge is 2.04. The van der Waals surface area contributed by atoms with Crippen molar-refractivity contribution in [2.24, 2.45) is 0 Å². The van der Waals surface area contributed by atoms with Crippen LogP contribution in [0.1, 0.15) is 16.9 Å². The Morgan fingerprint density at radius 2 is 2.06 bits per heavy atom. The average Bonchev–Trinajstić information content (AvgIpc) is 2.46. The van der Waals surface area contributed by atoms with Crippen molar-refractivity contribution >= 4 is 9.24 Å². The molecule has 0 amide bonds. The fraction of sp³-hybridized carbons (Fsp3) is 0.214. The molecule has 3 nitrogen and oxygen atoms in total. The average molecular weight is 260 g/mol. The summed E-state index contributed by atoms with van der Waals surface area (Å²) >= 11 is 0. The Bertz CT molecular complexity index is 490. The zero-order valence-corrected chi connectivity index (χ0v) is 11.5. The summed E-state index contributed by atoms with van der Waals surface area (Å²) < 4.78 is 5.21. The molecule has 18 heavy (non-hydrogen) atoms. The molecule has 0 spiro atoms. The molecule has 2 rings (SSSR count). The summed E-state index contributed by atoms with van der Waals surface area (Å²) in [5, 5.41) is 3.45. The number of nitrogens with zero attached hydrogens (tertiary/aromatic N) is 1. The molecular weight excluding hydrogens is 243 g/mol. The number of nitrogens with one attached hydrogen (secondary N) is 1. The van der Waals surface area contributed by atoms with E-state index in [2.05, 4.69) is 25.6 Å². The first-order valence-corrected chi connectivity index (χ1v) is 6.48. The van der Waals surface area contributed by atoms with Crippen molar-refractivity contribution in [3.05, 3.63) is 59.9 Å². The Morgan fingerprint density at radius 1 is 1.28 bits per heavy atom. The molecular formula is C14H17N2OP. The number of methoxy groups -OCH3 is 1. The van der Waals surface area contributed by atoms with Gasteiger partial charge in [0.05, 0.1) is 7.11 Å². The van der Waals surface area contributed by atoms with Crippen LogP contribution in [0.5, 0.6) is 5.75 Å². The Labute approximate surface area is 110 Å². The van der Waals surface area contributed by atoms with E-state index in [4.69, 9.17) is 4.74 Å². The molecule has 2 atom stereocenters. The van der Waals surface area contributed by atoms with Gasteiger partial charge in [-0.2, -0.15) is 0 Å². The second kappa shape index (κ2) is 6.48. The molecule has 94 valence electrons. The molecule has 1 heterocycles. The summed E-state index contributed by atoms with van der Waals surface area (Å²) in [5.41, 5.74) is 2.41. The van der Waals surface area contributed by atoms with Gasteiger partial charge in [0.1, 0.15) is 5.75 Å². The molecule has 0 aliphatic carbocycles. The summed E-state index contributed by atoms with van der Waals surface area (Å²) in [4.78, 5) is 4.02. The summed E-state index contributed by atoms with van der Waals surface area (Å²) in [7, 11) is 4.48. The number of hydrogen-bond donors (Lipinski definition) is 1. The molecule has 0 radical (unpaired) electrons. The molecule has 2 aromatic rings. The van der Waals surface area contributed by atoms with Crippen LogP contribution in [0, 0.1) is 0 Å². The van der Waals surface area contributed by atoms with Crippen LogP contribution in [-0.4, -0.2) is 12.1 Å². The minimum atomic E-state index is 0.221. The van der Waals surface area contributed by atoms with Crippen molar-refractivity contribution in [3.63, 3.8) is 0 Å². The molecule has 1 aromatic heterocycles. The topological polar surface area (TPSA) is 34.1 Å². The van der Waals surface area contributed by atoms with Gasteiger partial charge >= 0.3 is 0 Å². The lowest BCUT2D eigenvalue weighted by Gasteiger charge is -2.14. The SMILES string of the molecule is COc1cccc(CNC(P)c2ccncc2)c1. The van der Waals surface area contributed by atoms with Crippen LogP contribution in [-0.2, 0) is 6.54 Å². The third kappa shape index (κ3) is 3.52. The van der Waals surface area contributed by atoms with Crippen molar-refractivity contribution in [3.8, 4) is 5.75 Å². The molecule has 0 aliphatic heterocycles. The van der Waals surface area contributed by atoms with E-state index >= 15 is 0 Å². The van der Waals surface area contributed by atoms with E-state index in [9.17, 15) is 0 Å². The van der Waals surface area contributed by atoms with E-state index in [1.807, 2.05) is 30.3 Å². The van der Waals surface area contributed by atoms with Crippen LogP contribution >= 0.6 is 9.24 Å². The second-order valence-corrected chi connectivity index (χ2v) is 4.66. The molecule has 0 aliphatic rings. The monoisotopic (exact) mass is 260 g/mol. The molecule has 4 heteroatoms. The Morgan fingerprint density at radius 3 is 2.78 bits per heavy atom. The van der Waals surface area contributed by atoms with Gasteiger partial charge in [-0.15, -0.1) is 9.24 Å². The maximum Gasteiger partial charge on any atom is 0.119 e. The molecule has 2 unspecified atom stereocenters. The van der Waals surface area contributed by atoms with Crippen LogP contribution in [0.15, 0.2) is 48.8 Å². The fourth-order valence-corrected chi connectivity index (χ4v) is 2.04. The first-order chi connectivity index (χ1) is 8.79. The first-order valence-electron chi connectivity index (χ1n) is 5.81. The maximum absolute atomic E-state index is 5.21. The van der Waals surface area contributed by atoms with Crippen molar-refractivity contribution < 1.29 is 4.74 Å². The van der Waals surface area contributed by atoms with Crippen LogP contribution in [0.3, 0.4) is 0 Å². The number of rotatable bonds is 5. The Hall–Kier alpha value is -1.44. The quantitative estimate of drug-likeness (QED) is 0.839. The minimum Gasteiger partial charge on any atom is -0.497 e. The summed E-state index contributed by atoms with van der Waals surface area (Å²) in [6, 6.07) is 12.1. The predicted octanol–water partition coefficient (Wildman–Crippen LogP) is 2.75. The third-order valence-corrected chi connectivity index (χ3v) is 3.35.